The maximum atomic E-state index is 13.4. The van der Waals surface area contributed by atoms with Crippen LogP contribution < -0.4 is 4.72 Å². The van der Waals surface area contributed by atoms with Crippen LogP contribution in [0.5, 0.6) is 5.75 Å². The molecular weight excluding hydrogens is 475 g/mol. The number of Topliss-reactive ketones (excluding diaryl/α,β-unsaturated/α-hetero) is 1. The Labute approximate surface area is 193 Å². The van der Waals surface area contributed by atoms with E-state index in [0.717, 1.165) is 6.07 Å². The Hall–Kier alpha value is -3.60. The highest BCUT2D eigenvalue weighted by Crippen LogP contribution is 2.41. The van der Waals surface area contributed by atoms with Crippen molar-refractivity contribution in [1.29, 1.82) is 0 Å². The molecule has 0 heterocycles. The van der Waals surface area contributed by atoms with Gasteiger partial charge in [-0.3, -0.25) is 14.3 Å². The Balaban J connectivity index is 2.25. The normalized spacial score (nSPS) is 13.0. The summed E-state index contributed by atoms with van der Waals surface area (Å²) in [6.07, 6.45) is -6.28. The topological polar surface area (TPSA) is 110 Å². The predicted octanol–water partition coefficient (Wildman–Crippen LogP) is 4.51. The number of rotatable bonds is 7. The molecule has 7 nitrogen and oxygen atoms in total. The van der Waals surface area contributed by atoms with Crippen LogP contribution in [-0.4, -0.2) is 37.6 Å². The zero-order chi connectivity index (χ0) is 25.3. The maximum absolute atomic E-state index is 13.4. The van der Waals surface area contributed by atoms with Crippen LogP contribution in [0.25, 0.3) is 10.8 Å². The Morgan fingerprint density at radius 1 is 0.971 bits per heavy atom. The summed E-state index contributed by atoms with van der Waals surface area (Å²) in [6, 6.07) is 13.7. The van der Waals surface area contributed by atoms with Crippen molar-refractivity contribution in [1.82, 2.24) is 0 Å². The summed E-state index contributed by atoms with van der Waals surface area (Å²) >= 11 is 0. The minimum atomic E-state index is -5.43. The molecule has 0 aromatic heterocycles. The largest absolute Gasteiger partial charge is 0.507 e. The molecule has 180 valence electrons. The third-order valence-electron chi connectivity index (χ3n) is 4.78. The molecule has 3 aromatic carbocycles. The number of phenolic OH excluding ortho intramolecular Hbond substituents is 1. The van der Waals surface area contributed by atoms with E-state index in [9.17, 15) is 36.3 Å². The van der Waals surface area contributed by atoms with Crippen LogP contribution >= 0.6 is 0 Å². The Morgan fingerprint density at radius 3 is 2.09 bits per heavy atom. The molecule has 0 saturated carbocycles. The van der Waals surface area contributed by atoms with E-state index in [0.29, 0.717) is 0 Å². The summed E-state index contributed by atoms with van der Waals surface area (Å²) in [5.74, 6) is -7.33. The second-order valence-electron chi connectivity index (χ2n) is 7.61. The number of aromatic hydroxyl groups is 1. The standard InChI is InChI=1S/C23H20F3NO6S/c1-13(2)33-22(30)19(21(29)23(24,25)26)17-12-18(15-10-6-7-11-16(15)20(17)28)27-34(31,32)14-8-4-3-5-9-14/h3-13,19,27-28H,1-2H3. The van der Waals surface area contributed by atoms with Gasteiger partial charge in [0.2, 0.25) is 0 Å². The van der Waals surface area contributed by atoms with Crippen LogP contribution in [0.1, 0.15) is 25.3 Å². The van der Waals surface area contributed by atoms with Crippen molar-refractivity contribution in [3.8, 4) is 5.75 Å². The lowest BCUT2D eigenvalue weighted by Crippen LogP contribution is -2.35. The van der Waals surface area contributed by atoms with Gasteiger partial charge in [0, 0.05) is 16.3 Å². The Bertz CT molecular complexity index is 1340. The van der Waals surface area contributed by atoms with E-state index >= 15 is 0 Å². The molecule has 0 spiro atoms. The van der Waals surface area contributed by atoms with Gasteiger partial charge in [0.1, 0.15) is 5.75 Å². The summed E-state index contributed by atoms with van der Waals surface area (Å²) < 4.78 is 73.0. The smallest absolute Gasteiger partial charge is 0.451 e. The van der Waals surface area contributed by atoms with Crippen molar-refractivity contribution in [2.75, 3.05) is 4.72 Å². The minimum absolute atomic E-state index is 0.0666. The van der Waals surface area contributed by atoms with Crippen molar-refractivity contribution >= 4 is 38.2 Å². The van der Waals surface area contributed by atoms with Gasteiger partial charge in [0.05, 0.1) is 16.7 Å². The molecule has 0 aliphatic heterocycles. The number of alkyl halides is 3. The second kappa shape index (κ2) is 9.34. The summed E-state index contributed by atoms with van der Waals surface area (Å²) in [7, 11) is -4.20. The SMILES string of the molecule is CC(C)OC(=O)C(C(=O)C(F)(F)F)c1cc(NS(=O)(=O)c2ccccc2)c2ccccc2c1O. The number of carbonyl (C=O) groups is 2. The molecule has 34 heavy (non-hydrogen) atoms. The van der Waals surface area contributed by atoms with Crippen LogP contribution in [0.2, 0.25) is 0 Å². The average Bonchev–Trinajstić information content (AvgIpc) is 2.76. The van der Waals surface area contributed by atoms with E-state index in [2.05, 4.69) is 4.72 Å². The zero-order valence-electron chi connectivity index (χ0n) is 18.0. The third kappa shape index (κ3) is 5.14. The van der Waals surface area contributed by atoms with E-state index in [1.807, 2.05) is 0 Å². The summed E-state index contributed by atoms with van der Waals surface area (Å²) in [5, 5.41) is 10.8. The first kappa shape index (κ1) is 25.0. The van der Waals surface area contributed by atoms with Crippen molar-refractivity contribution in [3.05, 3.63) is 66.2 Å². The molecule has 0 radical (unpaired) electrons. The molecule has 2 N–H and O–H groups in total. The highest BCUT2D eigenvalue weighted by molar-refractivity contribution is 7.92. The first-order valence-electron chi connectivity index (χ1n) is 9.97. The van der Waals surface area contributed by atoms with Gasteiger partial charge in [-0.15, -0.1) is 0 Å². The predicted molar refractivity (Wildman–Crippen MR) is 118 cm³/mol. The van der Waals surface area contributed by atoms with Crippen molar-refractivity contribution in [2.45, 2.75) is 36.9 Å². The molecule has 0 aliphatic carbocycles. The third-order valence-corrected chi connectivity index (χ3v) is 6.17. The first-order valence-corrected chi connectivity index (χ1v) is 11.4. The number of sulfonamides is 1. The fourth-order valence-corrected chi connectivity index (χ4v) is 4.42. The number of esters is 1. The molecule has 3 rings (SSSR count). The van der Waals surface area contributed by atoms with Crippen LogP contribution in [0.3, 0.4) is 0 Å². The fourth-order valence-electron chi connectivity index (χ4n) is 3.33. The van der Waals surface area contributed by atoms with Crippen molar-refractivity contribution in [2.24, 2.45) is 0 Å². The van der Waals surface area contributed by atoms with Crippen LogP contribution in [0.4, 0.5) is 18.9 Å². The van der Waals surface area contributed by atoms with E-state index in [-0.39, 0.29) is 21.4 Å². The van der Waals surface area contributed by atoms with E-state index in [1.165, 1.54) is 62.4 Å². The quantitative estimate of drug-likeness (QED) is 0.284. The number of benzene rings is 3. The van der Waals surface area contributed by atoms with E-state index < -0.39 is 51.3 Å². The lowest BCUT2D eigenvalue weighted by Gasteiger charge is -2.21. The number of hydrogen-bond acceptors (Lipinski definition) is 6. The summed E-state index contributed by atoms with van der Waals surface area (Å²) in [5.41, 5.74) is -0.970. The van der Waals surface area contributed by atoms with Crippen LogP contribution in [0.15, 0.2) is 65.6 Å². The molecule has 0 aliphatic rings. The molecule has 0 fully saturated rings. The molecule has 3 aromatic rings. The number of phenols is 1. The Morgan fingerprint density at radius 2 is 1.53 bits per heavy atom. The molecule has 1 atom stereocenters. The van der Waals surface area contributed by atoms with Gasteiger partial charge in [0.15, 0.2) is 5.92 Å². The van der Waals surface area contributed by atoms with Gasteiger partial charge in [0.25, 0.3) is 15.8 Å². The number of carbonyl (C=O) groups excluding carboxylic acids is 2. The Kier molecular flexibility index (Phi) is 6.87. The number of ether oxygens (including phenoxy) is 1. The zero-order valence-corrected chi connectivity index (χ0v) is 18.8. The average molecular weight is 495 g/mol. The van der Waals surface area contributed by atoms with Gasteiger partial charge >= 0.3 is 12.1 Å². The number of hydrogen-bond donors (Lipinski definition) is 2. The van der Waals surface area contributed by atoms with Crippen molar-refractivity contribution < 1.29 is 41.0 Å². The fraction of sp³-hybridized carbons (Fsp3) is 0.217. The minimum Gasteiger partial charge on any atom is -0.507 e. The van der Waals surface area contributed by atoms with E-state index in [4.69, 9.17) is 4.74 Å². The number of ketones is 1. The first-order chi connectivity index (χ1) is 15.8. The second-order valence-corrected chi connectivity index (χ2v) is 9.29. The lowest BCUT2D eigenvalue weighted by molar-refractivity contribution is -0.178. The van der Waals surface area contributed by atoms with Gasteiger partial charge < -0.3 is 9.84 Å². The molecule has 1 unspecified atom stereocenters. The number of halogens is 3. The molecular formula is C23H20F3NO6S. The number of anilines is 1. The lowest BCUT2D eigenvalue weighted by atomic mass is 9.90. The van der Waals surface area contributed by atoms with Gasteiger partial charge in [-0.1, -0.05) is 42.5 Å². The monoisotopic (exact) mass is 495 g/mol. The summed E-state index contributed by atoms with van der Waals surface area (Å²) in [4.78, 5) is 24.6. The maximum Gasteiger partial charge on any atom is 0.451 e. The van der Waals surface area contributed by atoms with Gasteiger partial charge in [-0.2, -0.15) is 13.2 Å². The molecule has 11 heteroatoms. The number of nitrogens with one attached hydrogen (secondary N) is 1. The van der Waals surface area contributed by atoms with Crippen LogP contribution in [-0.2, 0) is 24.3 Å². The van der Waals surface area contributed by atoms with Crippen molar-refractivity contribution in [3.63, 3.8) is 0 Å². The molecule has 0 amide bonds. The van der Waals surface area contributed by atoms with Gasteiger partial charge in [-0.05, 0) is 32.0 Å². The molecule has 0 bridgehead atoms. The number of fused-ring (bicyclic) bond motifs is 1. The van der Waals surface area contributed by atoms with Gasteiger partial charge in [-0.25, -0.2) is 8.42 Å². The van der Waals surface area contributed by atoms with Crippen LogP contribution in [0, 0.1) is 0 Å². The van der Waals surface area contributed by atoms with E-state index in [1.54, 1.807) is 6.07 Å². The summed E-state index contributed by atoms with van der Waals surface area (Å²) in [6.45, 7) is 2.76. The highest BCUT2D eigenvalue weighted by atomic mass is 32.2. The molecule has 0 saturated heterocycles. The highest BCUT2D eigenvalue weighted by Gasteiger charge is 2.49.